The maximum absolute atomic E-state index is 12.2. The first-order chi connectivity index (χ1) is 19.2. The van der Waals surface area contributed by atoms with Gasteiger partial charge in [0.25, 0.3) is 5.56 Å². The molecular formula is C30H22Cl2N2O4S2. The summed E-state index contributed by atoms with van der Waals surface area (Å²) >= 11 is 14.8. The van der Waals surface area contributed by atoms with Gasteiger partial charge in [-0.05, 0) is 65.2 Å². The smallest absolute Gasteiger partial charge is 0.342 e. The number of rotatable bonds is 4. The summed E-state index contributed by atoms with van der Waals surface area (Å²) in [5, 5.41) is 22.1. The molecule has 202 valence electrons. The fraction of sp³-hybridized carbons (Fsp3) is 0.100. The molecule has 2 N–H and O–H groups in total. The number of aryl methyl sites for hydroxylation is 1. The molecule has 6 rings (SSSR count). The molecule has 1 aliphatic rings. The fourth-order valence-electron chi connectivity index (χ4n) is 4.46. The number of carbonyl (C=O) groups excluding carboxylic acids is 1. The van der Waals surface area contributed by atoms with Crippen molar-refractivity contribution >= 4 is 63.0 Å². The first-order valence-corrected chi connectivity index (χ1v) is 14.6. The van der Waals surface area contributed by atoms with Gasteiger partial charge in [-0.2, -0.15) is 5.10 Å². The third kappa shape index (κ3) is 5.68. The number of H-pyrrole nitrogens is 1. The average Bonchev–Trinajstić information content (AvgIpc) is 3.68. The molecule has 4 heterocycles. The normalized spacial score (nSPS) is 16.5. The van der Waals surface area contributed by atoms with E-state index in [4.69, 9.17) is 27.9 Å². The molecule has 0 saturated carbocycles. The molecule has 10 heteroatoms. The van der Waals surface area contributed by atoms with Crippen LogP contribution in [-0.4, -0.2) is 27.1 Å². The minimum Gasteiger partial charge on any atom is -0.425 e. The number of hydrogen-bond donors (Lipinski definition) is 2. The van der Waals surface area contributed by atoms with Gasteiger partial charge in [0.2, 0.25) is 5.79 Å². The monoisotopic (exact) mass is 608 g/mol. The number of hydrogen-bond acceptors (Lipinski definition) is 7. The van der Waals surface area contributed by atoms with Crippen molar-refractivity contribution in [2.45, 2.75) is 19.6 Å². The topological polar surface area (TPSA) is 92.3 Å². The molecule has 2 aromatic carbocycles. The summed E-state index contributed by atoms with van der Waals surface area (Å²) in [6, 6.07) is 22.0. The number of ether oxygens (including phenoxy) is 1. The van der Waals surface area contributed by atoms with Crippen LogP contribution in [0.2, 0.25) is 10.0 Å². The minimum atomic E-state index is -1.63. The van der Waals surface area contributed by atoms with Gasteiger partial charge in [0, 0.05) is 37.9 Å². The number of halogens is 2. The molecule has 0 amide bonds. The zero-order valence-electron chi connectivity index (χ0n) is 21.3. The summed E-state index contributed by atoms with van der Waals surface area (Å²) in [4.78, 5) is 26.0. The van der Waals surface area contributed by atoms with Gasteiger partial charge < -0.3 is 9.84 Å². The van der Waals surface area contributed by atoms with Crippen LogP contribution in [0, 0.1) is 6.92 Å². The lowest BCUT2D eigenvalue weighted by Crippen LogP contribution is -2.26. The van der Waals surface area contributed by atoms with Gasteiger partial charge in [-0.1, -0.05) is 59.6 Å². The number of esters is 1. The molecule has 0 saturated heterocycles. The molecule has 1 unspecified atom stereocenters. The van der Waals surface area contributed by atoms with E-state index in [1.54, 1.807) is 24.3 Å². The van der Waals surface area contributed by atoms with Gasteiger partial charge >= 0.3 is 5.97 Å². The highest BCUT2D eigenvalue weighted by Crippen LogP contribution is 2.43. The SMILES string of the molecule is CC1(O)OC(=O)C(c2cccs2)=C1c1ccc(Cl)cc1.Cc1n[nH]c(=O)c(-c2cccs2)c1-c1ccc(Cl)cc1. The Hall–Kier alpha value is -3.53. The highest BCUT2D eigenvalue weighted by Gasteiger charge is 2.44. The second kappa shape index (κ2) is 11.5. The Morgan fingerprint density at radius 2 is 1.38 bits per heavy atom. The molecule has 6 nitrogen and oxygen atoms in total. The second-order valence-corrected chi connectivity index (χ2v) is 11.7. The van der Waals surface area contributed by atoms with E-state index in [1.165, 1.54) is 29.6 Å². The number of thiophene rings is 2. The lowest BCUT2D eigenvalue weighted by molar-refractivity contribution is -0.169. The molecule has 3 aromatic heterocycles. The van der Waals surface area contributed by atoms with Crippen molar-refractivity contribution in [2.24, 2.45) is 0 Å². The van der Waals surface area contributed by atoms with E-state index in [-0.39, 0.29) is 5.56 Å². The zero-order chi connectivity index (χ0) is 28.4. The summed E-state index contributed by atoms with van der Waals surface area (Å²) in [6.45, 7) is 3.35. The predicted octanol–water partition coefficient (Wildman–Crippen LogP) is 7.70. The summed E-state index contributed by atoms with van der Waals surface area (Å²) < 4.78 is 5.10. The second-order valence-electron chi connectivity index (χ2n) is 8.98. The molecule has 0 bridgehead atoms. The number of carbonyl (C=O) groups is 1. The van der Waals surface area contributed by atoms with Gasteiger partial charge in [0.15, 0.2) is 0 Å². The van der Waals surface area contributed by atoms with E-state index in [0.29, 0.717) is 32.3 Å². The highest BCUT2D eigenvalue weighted by molar-refractivity contribution is 7.13. The van der Waals surface area contributed by atoms with Crippen molar-refractivity contribution < 1.29 is 14.6 Å². The number of aromatic nitrogens is 2. The van der Waals surface area contributed by atoms with E-state index >= 15 is 0 Å². The van der Waals surface area contributed by atoms with Gasteiger partial charge in [0.05, 0.1) is 16.8 Å². The van der Waals surface area contributed by atoms with Crippen LogP contribution in [0.25, 0.3) is 32.7 Å². The number of cyclic esters (lactones) is 1. The number of aromatic amines is 1. The molecule has 5 aromatic rings. The zero-order valence-corrected chi connectivity index (χ0v) is 24.4. The van der Waals surface area contributed by atoms with Crippen molar-refractivity contribution in [1.29, 1.82) is 0 Å². The van der Waals surface area contributed by atoms with Gasteiger partial charge in [0.1, 0.15) is 0 Å². The van der Waals surface area contributed by atoms with Crippen LogP contribution in [0.5, 0.6) is 0 Å². The van der Waals surface area contributed by atoms with Gasteiger partial charge in [-0.15, -0.1) is 22.7 Å². The van der Waals surface area contributed by atoms with Crippen LogP contribution in [-0.2, 0) is 9.53 Å². The van der Waals surface area contributed by atoms with E-state index in [9.17, 15) is 14.7 Å². The maximum Gasteiger partial charge on any atom is 0.342 e. The highest BCUT2D eigenvalue weighted by atomic mass is 35.5. The molecule has 0 radical (unpaired) electrons. The summed E-state index contributed by atoms with van der Waals surface area (Å²) in [6.07, 6.45) is 0. The molecule has 0 fully saturated rings. The molecule has 0 spiro atoms. The number of nitrogens with zero attached hydrogens (tertiary/aromatic N) is 1. The van der Waals surface area contributed by atoms with Gasteiger partial charge in [-0.3, -0.25) is 4.79 Å². The lowest BCUT2D eigenvalue weighted by atomic mass is 9.95. The van der Waals surface area contributed by atoms with E-state index < -0.39 is 11.8 Å². The predicted molar refractivity (Wildman–Crippen MR) is 163 cm³/mol. The van der Waals surface area contributed by atoms with Crippen LogP contribution >= 0.6 is 45.9 Å². The van der Waals surface area contributed by atoms with Crippen LogP contribution in [0.1, 0.15) is 23.1 Å². The van der Waals surface area contributed by atoms with E-state index in [1.807, 2.05) is 66.2 Å². The average molecular weight is 610 g/mol. The Balaban J connectivity index is 0.000000161. The molecular weight excluding hydrogens is 587 g/mol. The first-order valence-electron chi connectivity index (χ1n) is 12.0. The molecule has 40 heavy (non-hydrogen) atoms. The Morgan fingerprint density at radius 1 is 0.825 bits per heavy atom. The molecule has 1 aliphatic heterocycles. The van der Waals surface area contributed by atoms with Crippen LogP contribution in [0.15, 0.2) is 88.4 Å². The van der Waals surface area contributed by atoms with Gasteiger partial charge in [-0.25, -0.2) is 9.89 Å². The summed E-state index contributed by atoms with van der Waals surface area (Å²) in [5.41, 5.74) is 4.66. The van der Waals surface area contributed by atoms with E-state index in [0.717, 1.165) is 26.6 Å². The third-order valence-corrected chi connectivity index (χ3v) is 8.45. The lowest BCUT2D eigenvalue weighted by Gasteiger charge is -2.19. The fourth-order valence-corrected chi connectivity index (χ4v) is 6.25. The number of nitrogens with one attached hydrogen (secondary N) is 1. The maximum atomic E-state index is 12.2. The van der Waals surface area contributed by atoms with Crippen LogP contribution in [0.4, 0.5) is 0 Å². The largest absolute Gasteiger partial charge is 0.425 e. The minimum absolute atomic E-state index is 0.178. The summed E-state index contributed by atoms with van der Waals surface area (Å²) in [7, 11) is 0. The Labute approximate surface area is 248 Å². The Bertz CT molecular complexity index is 1740. The van der Waals surface area contributed by atoms with Crippen molar-refractivity contribution in [2.75, 3.05) is 0 Å². The van der Waals surface area contributed by atoms with Crippen LogP contribution < -0.4 is 5.56 Å². The standard InChI is InChI=1S/C15H11ClN2OS.C15H11ClO3S/c1-9-13(10-4-6-11(16)7-5-10)14(15(19)18-17-9)12-3-2-8-20-12;1-15(18)13(9-4-6-10(16)7-5-9)12(14(17)19-15)11-3-2-8-20-11/h2-8H,1H3,(H,18,19);2-8,18H,1H3. The van der Waals surface area contributed by atoms with Crippen LogP contribution in [0.3, 0.4) is 0 Å². The quantitative estimate of drug-likeness (QED) is 0.204. The summed E-state index contributed by atoms with van der Waals surface area (Å²) in [5.74, 6) is -2.15. The number of aliphatic hydroxyl groups is 1. The Kier molecular flexibility index (Phi) is 8.07. The number of benzene rings is 2. The Morgan fingerprint density at radius 3 is 1.93 bits per heavy atom. The van der Waals surface area contributed by atoms with E-state index in [2.05, 4.69) is 10.2 Å². The third-order valence-electron chi connectivity index (χ3n) is 6.17. The first kappa shape index (κ1) is 28.0. The van der Waals surface area contributed by atoms with Crippen molar-refractivity contribution in [3.63, 3.8) is 0 Å². The van der Waals surface area contributed by atoms with Crippen molar-refractivity contribution in [3.8, 4) is 21.6 Å². The molecule has 0 aliphatic carbocycles. The molecule has 1 atom stereocenters. The van der Waals surface area contributed by atoms with Crippen molar-refractivity contribution in [1.82, 2.24) is 10.2 Å². The van der Waals surface area contributed by atoms with Crippen molar-refractivity contribution in [3.05, 3.63) is 120 Å².